The van der Waals surface area contributed by atoms with Gasteiger partial charge in [0.1, 0.15) is 5.82 Å². The number of hydrogen-bond donors (Lipinski definition) is 1. The highest BCUT2D eigenvalue weighted by molar-refractivity contribution is 5.58. The molecule has 0 saturated heterocycles. The Balaban J connectivity index is 2.54. The molecule has 1 aromatic heterocycles. The van der Waals surface area contributed by atoms with E-state index in [9.17, 15) is 9.18 Å². The lowest BCUT2D eigenvalue weighted by molar-refractivity contribution is 0.528. The maximum absolute atomic E-state index is 12.6. The van der Waals surface area contributed by atoms with Crippen LogP contribution in [0.25, 0.3) is 11.3 Å². The van der Waals surface area contributed by atoms with Crippen molar-refractivity contribution in [3.05, 3.63) is 46.3 Å². The van der Waals surface area contributed by atoms with Crippen LogP contribution in [0.5, 0.6) is 0 Å². The van der Waals surface area contributed by atoms with Crippen LogP contribution < -0.4 is 5.76 Å². The van der Waals surface area contributed by atoms with E-state index in [1.807, 2.05) is 0 Å². The van der Waals surface area contributed by atoms with Crippen molar-refractivity contribution in [2.24, 2.45) is 0 Å². The summed E-state index contributed by atoms with van der Waals surface area (Å²) >= 11 is 0. The number of aryl methyl sites for hydroxylation is 1. The lowest BCUT2D eigenvalue weighted by Crippen LogP contribution is -1.94. The van der Waals surface area contributed by atoms with Crippen molar-refractivity contribution >= 4 is 0 Å². The molecule has 1 aromatic carbocycles. The van der Waals surface area contributed by atoms with E-state index in [2.05, 4.69) is 4.98 Å². The van der Waals surface area contributed by atoms with Gasteiger partial charge in [0.15, 0.2) is 5.76 Å². The lowest BCUT2D eigenvalue weighted by Gasteiger charge is -1.96. The Morgan fingerprint density at radius 1 is 1.29 bits per heavy atom. The highest BCUT2D eigenvalue weighted by Crippen LogP contribution is 2.20. The second-order valence-electron chi connectivity index (χ2n) is 2.98. The Kier molecular flexibility index (Phi) is 1.96. The molecule has 2 aromatic rings. The minimum atomic E-state index is -0.498. The van der Waals surface area contributed by atoms with Gasteiger partial charge in [-0.15, -0.1) is 0 Å². The van der Waals surface area contributed by atoms with Crippen molar-refractivity contribution in [1.29, 1.82) is 0 Å². The Morgan fingerprint density at radius 3 is 2.43 bits per heavy atom. The standard InChI is InChI=1S/C10H8FNO2/c1-6-9(14-10(13)12-6)7-2-4-8(11)5-3-7/h2-5H,1H3,(H,12,13). The smallest absolute Gasteiger partial charge is 0.408 e. The molecular formula is C10H8FNO2. The van der Waals surface area contributed by atoms with Gasteiger partial charge in [-0.3, -0.25) is 4.98 Å². The molecule has 0 radical (unpaired) electrons. The molecule has 14 heavy (non-hydrogen) atoms. The minimum absolute atomic E-state index is 0.315. The predicted octanol–water partition coefficient (Wildman–Crippen LogP) is 2.08. The van der Waals surface area contributed by atoms with Crippen LogP contribution in [0, 0.1) is 12.7 Å². The number of aromatic nitrogens is 1. The summed E-state index contributed by atoms with van der Waals surface area (Å²) < 4.78 is 17.5. The first-order chi connectivity index (χ1) is 6.66. The second kappa shape index (κ2) is 3.14. The molecule has 0 bridgehead atoms. The van der Waals surface area contributed by atoms with Crippen LogP contribution in [0.3, 0.4) is 0 Å². The number of halogens is 1. The van der Waals surface area contributed by atoms with Gasteiger partial charge in [-0.1, -0.05) is 0 Å². The summed E-state index contributed by atoms with van der Waals surface area (Å²) in [7, 11) is 0. The molecule has 3 nitrogen and oxygen atoms in total. The normalized spacial score (nSPS) is 10.4. The zero-order valence-electron chi connectivity index (χ0n) is 7.50. The molecule has 0 unspecified atom stereocenters. The van der Waals surface area contributed by atoms with Gasteiger partial charge in [0.05, 0.1) is 5.69 Å². The fourth-order valence-electron chi connectivity index (χ4n) is 1.28. The summed E-state index contributed by atoms with van der Waals surface area (Å²) in [5, 5.41) is 0. The van der Waals surface area contributed by atoms with E-state index in [4.69, 9.17) is 4.42 Å². The van der Waals surface area contributed by atoms with Crippen molar-refractivity contribution in [3.8, 4) is 11.3 Å². The predicted molar refractivity (Wildman–Crippen MR) is 49.5 cm³/mol. The van der Waals surface area contributed by atoms with Crippen LogP contribution in [-0.4, -0.2) is 4.98 Å². The Labute approximate surface area is 79.2 Å². The summed E-state index contributed by atoms with van der Waals surface area (Å²) in [4.78, 5) is 13.4. The second-order valence-corrected chi connectivity index (χ2v) is 2.98. The van der Waals surface area contributed by atoms with Crippen LogP contribution in [0.4, 0.5) is 4.39 Å². The van der Waals surface area contributed by atoms with Crippen molar-refractivity contribution in [2.45, 2.75) is 6.92 Å². The summed E-state index contributed by atoms with van der Waals surface area (Å²) in [6.45, 7) is 1.73. The molecule has 0 aliphatic rings. The molecule has 0 atom stereocenters. The van der Waals surface area contributed by atoms with Crippen molar-refractivity contribution < 1.29 is 8.81 Å². The van der Waals surface area contributed by atoms with E-state index >= 15 is 0 Å². The summed E-state index contributed by atoms with van der Waals surface area (Å²) in [5.41, 5.74) is 1.32. The maximum atomic E-state index is 12.6. The first-order valence-electron chi connectivity index (χ1n) is 4.12. The summed E-state index contributed by atoms with van der Waals surface area (Å²) in [5.74, 6) is -0.360. The molecule has 0 aliphatic heterocycles. The first-order valence-corrected chi connectivity index (χ1v) is 4.12. The average molecular weight is 193 g/mol. The molecule has 0 saturated carbocycles. The van der Waals surface area contributed by atoms with Gasteiger partial charge >= 0.3 is 5.76 Å². The first kappa shape index (κ1) is 8.74. The van der Waals surface area contributed by atoms with Crippen LogP contribution in [0.2, 0.25) is 0 Å². The zero-order chi connectivity index (χ0) is 10.1. The van der Waals surface area contributed by atoms with Gasteiger partial charge in [-0.25, -0.2) is 9.18 Å². The molecule has 0 spiro atoms. The largest absolute Gasteiger partial charge is 0.417 e. The molecule has 2 rings (SSSR count). The fraction of sp³-hybridized carbons (Fsp3) is 0.100. The van der Waals surface area contributed by atoms with E-state index in [-0.39, 0.29) is 5.82 Å². The monoisotopic (exact) mass is 193 g/mol. The number of benzene rings is 1. The van der Waals surface area contributed by atoms with Crippen molar-refractivity contribution in [3.63, 3.8) is 0 Å². The van der Waals surface area contributed by atoms with Gasteiger partial charge in [0.2, 0.25) is 0 Å². The fourth-order valence-corrected chi connectivity index (χ4v) is 1.28. The van der Waals surface area contributed by atoms with E-state index in [1.165, 1.54) is 12.1 Å². The van der Waals surface area contributed by atoms with Gasteiger partial charge in [0, 0.05) is 5.56 Å². The van der Waals surface area contributed by atoms with Gasteiger partial charge in [0.25, 0.3) is 0 Å². The highest BCUT2D eigenvalue weighted by Gasteiger charge is 2.07. The number of H-pyrrole nitrogens is 1. The molecule has 4 heteroatoms. The molecular weight excluding hydrogens is 185 g/mol. The topological polar surface area (TPSA) is 46.0 Å². The molecule has 0 amide bonds. The number of aromatic amines is 1. The lowest BCUT2D eigenvalue weighted by atomic mass is 10.1. The number of nitrogens with one attached hydrogen (secondary N) is 1. The number of rotatable bonds is 1. The maximum Gasteiger partial charge on any atom is 0.417 e. The van der Waals surface area contributed by atoms with E-state index in [0.717, 1.165) is 0 Å². The van der Waals surface area contributed by atoms with Crippen molar-refractivity contribution in [2.75, 3.05) is 0 Å². The molecule has 1 heterocycles. The quantitative estimate of drug-likeness (QED) is 0.753. The molecule has 0 aliphatic carbocycles. The summed E-state index contributed by atoms with van der Waals surface area (Å²) in [6, 6.07) is 5.77. The Morgan fingerprint density at radius 2 is 1.93 bits per heavy atom. The zero-order valence-corrected chi connectivity index (χ0v) is 7.50. The van der Waals surface area contributed by atoms with Crippen LogP contribution in [0.15, 0.2) is 33.5 Å². The molecule has 0 fully saturated rings. The van der Waals surface area contributed by atoms with Crippen LogP contribution in [-0.2, 0) is 0 Å². The third-order valence-corrected chi connectivity index (χ3v) is 1.93. The minimum Gasteiger partial charge on any atom is -0.408 e. The van der Waals surface area contributed by atoms with Gasteiger partial charge in [-0.05, 0) is 31.2 Å². The third kappa shape index (κ3) is 1.46. The van der Waals surface area contributed by atoms with E-state index in [0.29, 0.717) is 17.0 Å². The van der Waals surface area contributed by atoms with Crippen LogP contribution >= 0.6 is 0 Å². The Hall–Kier alpha value is -1.84. The van der Waals surface area contributed by atoms with E-state index in [1.54, 1.807) is 19.1 Å². The van der Waals surface area contributed by atoms with Crippen LogP contribution in [0.1, 0.15) is 5.69 Å². The highest BCUT2D eigenvalue weighted by atomic mass is 19.1. The van der Waals surface area contributed by atoms with Gasteiger partial charge < -0.3 is 4.42 Å². The summed E-state index contributed by atoms with van der Waals surface area (Å²) in [6.07, 6.45) is 0. The van der Waals surface area contributed by atoms with Gasteiger partial charge in [-0.2, -0.15) is 0 Å². The molecule has 1 N–H and O–H groups in total. The SMILES string of the molecule is Cc1[nH]c(=O)oc1-c1ccc(F)cc1. The molecule has 72 valence electrons. The number of hydrogen-bond acceptors (Lipinski definition) is 2. The van der Waals surface area contributed by atoms with E-state index < -0.39 is 5.76 Å². The average Bonchev–Trinajstić information content (AvgIpc) is 2.47. The third-order valence-electron chi connectivity index (χ3n) is 1.93. The van der Waals surface area contributed by atoms with Crippen molar-refractivity contribution in [1.82, 2.24) is 4.98 Å². The number of oxazole rings is 1. The Bertz CT molecular complexity index is 496.